The van der Waals surface area contributed by atoms with Gasteiger partial charge in [-0.1, -0.05) is 46.0 Å². The number of hydrogen-bond donors (Lipinski definition) is 1. The Morgan fingerprint density at radius 1 is 1.14 bits per heavy atom. The van der Waals surface area contributed by atoms with Crippen molar-refractivity contribution in [1.29, 1.82) is 0 Å². The predicted molar refractivity (Wildman–Crippen MR) is 86.4 cm³/mol. The van der Waals surface area contributed by atoms with E-state index in [0.717, 1.165) is 18.8 Å². The fraction of sp³-hybridized carbons (Fsp3) is 0.944. The predicted octanol–water partition coefficient (Wildman–Crippen LogP) is 4.31. The third-order valence-corrected chi connectivity index (χ3v) is 6.15. The van der Waals surface area contributed by atoms with Gasteiger partial charge in [-0.3, -0.25) is 9.69 Å². The summed E-state index contributed by atoms with van der Waals surface area (Å²) in [6.07, 6.45) is 11.3. The molecule has 0 amide bonds. The SMILES string of the molecule is CC(C)C1CCCCC1N(C)C1(CC(=O)O)CCCCC1. The summed E-state index contributed by atoms with van der Waals surface area (Å²) in [5, 5.41) is 9.43. The van der Waals surface area contributed by atoms with Crippen molar-refractivity contribution in [2.45, 2.75) is 89.6 Å². The smallest absolute Gasteiger partial charge is 0.305 e. The molecule has 0 radical (unpaired) electrons. The van der Waals surface area contributed by atoms with Crippen LogP contribution in [0.5, 0.6) is 0 Å². The van der Waals surface area contributed by atoms with E-state index in [1.807, 2.05) is 0 Å². The number of nitrogens with zero attached hydrogens (tertiary/aromatic N) is 1. The zero-order valence-electron chi connectivity index (χ0n) is 14.1. The van der Waals surface area contributed by atoms with Crippen molar-refractivity contribution in [2.75, 3.05) is 7.05 Å². The van der Waals surface area contributed by atoms with Crippen molar-refractivity contribution in [3.8, 4) is 0 Å². The molecule has 2 unspecified atom stereocenters. The van der Waals surface area contributed by atoms with Crippen LogP contribution in [0.4, 0.5) is 0 Å². The molecule has 2 aliphatic rings. The summed E-state index contributed by atoms with van der Waals surface area (Å²) >= 11 is 0. The highest BCUT2D eigenvalue weighted by molar-refractivity contribution is 5.68. The van der Waals surface area contributed by atoms with Gasteiger partial charge in [0.15, 0.2) is 0 Å². The number of hydrogen-bond acceptors (Lipinski definition) is 2. The van der Waals surface area contributed by atoms with Gasteiger partial charge >= 0.3 is 5.97 Å². The van der Waals surface area contributed by atoms with Crippen LogP contribution >= 0.6 is 0 Å². The second-order valence-electron chi connectivity index (χ2n) is 7.73. The Hall–Kier alpha value is -0.570. The standard InChI is InChI=1S/C18H33NO2/c1-14(2)15-9-5-6-10-16(15)19(3)18(13-17(20)21)11-7-4-8-12-18/h14-16H,4-13H2,1-3H3,(H,20,21). The minimum Gasteiger partial charge on any atom is -0.481 e. The Balaban J connectivity index is 2.19. The highest BCUT2D eigenvalue weighted by atomic mass is 16.4. The summed E-state index contributed by atoms with van der Waals surface area (Å²) in [7, 11) is 2.22. The summed E-state index contributed by atoms with van der Waals surface area (Å²) in [4.78, 5) is 14.0. The minimum atomic E-state index is -0.624. The van der Waals surface area contributed by atoms with Crippen molar-refractivity contribution in [3.05, 3.63) is 0 Å². The maximum Gasteiger partial charge on any atom is 0.305 e. The van der Waals surface area contributed by atoms with E-state index in [2.05, 4.69) is 25.8 Å². The van der Waals surface area contributed by atoms with E-state index in [1.165, 1.54) is 44.9 Å². The molecule has 0 bridgehead atoms. The summed E-state index contributed by atoms with van der Waals surface area (Å²) in [5.74, 6) is 0.806. The Morgan fingerprint density at radius 3 is 2.33 bits per heavy atom. The monoisotopic (exact) mass is 295 g/mol. The fourth-order valence-electron chi connectivity index (χ4n) is 4.90. The van der Waals surface area contributed by atoms with Gasteiger partial charge in [0.1, 0.15) is 0 Å². The Morgan fingerprint density at radius 2 is 1.76 bits per heavy atom. The van der Waals surface area contributed by atoms with Crippen LogP contribution in [0, 0.1) is 11.8 Å². The van der Waals surface area contributed by atoms with Gasteiger partial charge in [-0.2, -0.15) is 0 Å². The molecule has 2 saturated carbocycles. The molecule has 2 rings (SSSR count). The molecule has 2 fully saturated rings. The van der Waals surface area contributed by atoms with Crippen molar-refractivity contribution in [2.24, 2.45) is 11.8 Å². The lowest BCUT2D eigenvalue weighted by Crippen LogP contribution is -2.56. The molecule has 2 aliphatic carbocycles. The van der Waals surface area contributed by atoms with Gasteiger partial charge in [0.2, 0.25) is 0 Å². The minimum absolute atomic E-state index is 0.0841. The lowest BCUT2D eigenvalue weighted by atomic mass is 9.72. The number of aliphatic carboxylic acids is 1. The molecular formula is C18H33NO2. The lowest BCUT2D eigenvalue weighted by molar-refractivity contribution is -0.142. The van der Waals surface area contributed by atoms with Gasteiger partial charge < -0.3 is 5.11 Å². The van der Waals surface area contributed by atoms with Crippen LogP contribution in [0.25, 0.3) is 0 Å². The largest absolute Gasteiger partial charge is 0.481 e. The molecule has 0 heterocycles. The number of carbonyl (C=O) groups is 1. The fourth-order valence-corrected chi connectivity index (χ4v) is 4.90. The van der Waals surface area contributed by atoms with Crippen molar-refractivity contribution >= 4 is 5.97 Å². The third-order valence-electron chi connectivity index (χ3n) is 6.15. The zero-order valence-corrected chi connectivity index (χ0v) is 14.1. The van der Waals surface area contributed by atoms with Gasteiger partial charge in [0, 0.05) is 11.6 Å². The second-order valence-corrected chi connectivity index (χ2v) is 7.73. The van der Waals surface area contributed by atoms with Crippen molar-refractivity contribution < 1.29 is 9.90 Å². The summed E-state index contributed by atoms with van der Waals surface area (Å²) in [6.45, 7) is 4.67. The Bertz CT molecular complexity index is 347. The third kappa shape index (κ3) is 3.80. The normalized spacial score (nSPS) is 29.8. The van der Waals surface area contributed by atoms with E-state index < -0.39 is 5.97 Å². The number of rotatable bonds is 5. The molecule has 1 N–H and O–H groups in total. The average molecular weight is 295 g/mol. The number of carboxylic acid groups (broad SMARTS) is 1. The molecule has 2 atom stereocenters. The van der Waals surface area contributed by atoms with E-state index in [9.17, 15) is 9.90 Å². The molecule has 0 aromatic rings. The van der Waals surface area contributed by atoms with Gasteiger partial charge in [0.05, 0.1) is 6.42 Å². The van der Waals surface area contributed by atoms with E-state index in [4.69, 9.17) is 0 Å². The first-order valence-electron chi connectivity index (χ1n) is 8.91. The van der Waals surface area contributed by atoms with Gasteiger partial charge in [-0.15, -0.1) is 0 Å². The highest BCUT2D eigenvalue weighted by Gasteiger charge is 2.43. The van der Waals surface area contributed by atoms with E-state index in [-0.39, 0.29) is 5.54 Å². The van der Waals surface area contributed by atoms with Crippen molar-refractivity contribution in [3.63, 3.8) is 0 Å². The zero-order chi connectivity index (χ0) is 15.5. The topological polar surface area (TPSA) is 40.5 Å². The van der Waals surface area contributed by atoms with Crippen LogP contribution < -0.4 is 0 Å². The van der Waals surface area contributed by atoms with Gasteiger partial charge in [-0.25, -0.2) is 0 Å². The molecule has 122 valence electrons. The van der Waals surface area contributed by atoms with Crippen LogP contribution in [0.3, 0.4) is 0 Å². The molecule has 0 saturated heterocycles. The van der Waals surface area contributed by atoms with Crippen molar-refractivity contribution in [1.82, 2.24) is 4.90 Å². The van der Waals surface area contributed by atoms with E-state index in [1.54, 1.807) is 0 Å². The quantitative estimate of drug-likeness (QED) is 0.821. The number of carboxylic acids is 1. The molecule has 21 heavy (non-hydrogen) atoms. The Kier molecular flexibility index (Phi) is 5.70. The second kappa shape index (κ2) is 7.13. The first-order chi connectivity index (χ1) is 9.96. The first kappa shape index (κ1) is 16.8. The molecule has 3 heteroatoms. The highest BCUT2D eigenvalue weighted by Crippen LogP contribution is 2.42. The molecule has 0 aromatic carbocycles. The molecule has 0 aromatic heterocycles. The van der Waals surface area contributed by atoms with E-state index >= 15 is 0 Å². The maximum atomic E-state index is 11.4. The van der Waals surface area contributed by atoms with Crippen LogP contribution in [-0.4, -0.2) is 34.6 Å². The van der Waals surface area contributed by atoms with Crippen LogP contribution in [0.15, 0.2) is 0 Å². The van der Waals surface area contributed by atoms with Gasteiger partial charge in [0.25, 0.3) is 0 Å². The maximum absolute atomic E-state index is 11.4. The first-order valence-corrected chi connectivity index (χ1v) is 8.91. The lowest BCUT2D eigenvalue weighted by Gasteiger charge is -2.51. The van der Waals surface area contributed by atoms with Gasteiger partial charge in [-0.05, 0) is 44.6 Å². The van der Waals surface area contributed by atoms with Crippen LogP contribution in [-0.2, 0) is 4.79 Å². The molecule has 0 spiro atoms. The summed E-state index contributed by atoms with van der Waals surface area (Å²) in [5.41, 5.74) is -0.0841. The molecule has 3 nitrogen and oxygen atoms in total. The molecular weight excluding hydrogens is 262 g/mol. The molecule has 0 aliphatic heterocycles. The van der Waals surface area contributed by atoms with E-state index in [0.29, 0.717) is 18.4 Å². The van der Waals surface area contributed by atoms with Crippen LogP contribution in [0.1, 0.15) is 78.1 Å². The van der Waals surface area contributed by atoms with Crippen LogP contribution in [0.2, 0.25) is 0 Å². The summed E-state index contributed by atoms with van der Waals surface area (Å²) < 4.78 is 0. The Labute approximate surface area is 130 Å². The summed E-state index contributed by atoms with van der Waals surface area (Å²) in [6, 6.07) is 0.580. The average Bonchev–Trinajstić information content (AvgIpc) is 2.46.